The van der Waals surface area contributed by atoms with Crippen molar-refractivity contribution >= 4 is 11.3 Å². The summed E-state index contributed by atoms with van der Waals surface area (Å²) in [7, 11) is 3.25. The Morgan fingerprint density at radius 1 is 1.15 bits per heavy atom. The minimum absolute atomic E-state index is 0.394. The molecule has 5 nitrogen and oxygen atoms in total. The summed E-state index contributed by atoms with van der Waals surface area (Å²) in [5.41, 5.74) is 1.77. The number of ether oxygens (including phenoxy) is 4. The second-order valence-electron chi connectivity index (χ2n) is 4.21. The first-order valence-corrected chi connectivity index (χ1v) is 7.10. The number of rotatable bonds is 4. The van der Waals surface area contributed by atoms with Gasteiger partial charge in [-0.3, -0.25) is 0 Å². The highest BCUT2D eigenvalue weighted by Crippen LogP contribution is 2.41. The van der Waals surface area contributed by atoms with Crippen LogP contribution in [0.15, 0.2) is 23.7 Å². The van der Waals surface area contributed by atoms with Crippen LogP contribution in [0.25, 0.3) is 10.6 Å². The summed E-state index contributed by atoms with van der Waals surface area (Å²) in [5, 5.41) is 2.82. The van der Waals surface area contributed by atoms with Gasteiger partial charge in [0, 0.05) is 17.6 Å². The topological polar surface area (TPSA) is 49.8 Å². The molecular weight excluding hydrogens is 278 g/mol. The third-order valence-corrected chi connectivity index (χ3v) is 3.90. The molecular formula is C14H15NO4S. The zero-order valence-corrected chi connectivity index (χ0v) is 12.1. The van der Waals surface area contributed by atoms with Crippen LogP contribution in [-0.4, -0.2) is 32.4 Å². The SMILES string of the molecule is COc1cc(OC)c(C2OCCO2)cc1-c1nccs1. The summed E-state index contributed by atoms with van der Waals surface area (Å²) < 4.78 is 22.0. The molecule has 0 radical (unpaired) electrons. The third-order valence-electron chi connectivity index (χ3n) is 3.09. The Balaban J connectivity index is 2.11. The van der Waals surface area contributed by atoms with E-state index in [1.54, 1.807) is 31.8 Å². The van der Waals surface area contributed by atoms with Crippen molar-refractivity contribution in [2.24, 2.45) is 0 Å². The van der Waals surface area contributed by atoms with Crippen molar-refractivity contribution in [2.45, 2.75) is 6.29 Å². The zero-order valence-electron chi connectivity index (χ0n) is 11.3. The van der Waals surface area contributed by atoms with E-state index in [0.29, 0.717) is 19.0 Å². The minimum Gasteiger partial charge on any atom is -0.496 e. The van der Waals surface area contributed by atoms with Gasteiger partial charge in [0.25, 0.3) is 0 Å². The van der Waals surface area contributed by atoms with Crippen LogP contribution in [0.3, 0.4) is 0 Å². The number of aromatic nitrogens is 1. The molecule has 0 N–H and O–H groups in total. The average Bonchev–Trinajstić information content (AvgIpc) is 3.18. The van der Waals surface area contributed by atoms with Crippen molar-refractivity contribution in [3.63, 3.8) is 0 Å². The van der Waals surface area contributed by atoms with Crippen molar-refractivity contribution in [1.29, 1.82) is 0 Å². The molecule has 2 aromatic rings. The van der Waals surface area contributed by atoms with E-state index in [9.17, 15) is 0 Å². The first-order valence-electron chi connectivity index (χ1n) is 6.22. The third kappa shape index (κ3) is 2.37. The lowest BCUT2D eigenvalue weighted by molar-refractivity contribution is -0.0454. The fraction of sp³-hybridized carbons (Fsp3) is 0.357. The van der Waals surface area contributed by atoms with E-state index < -0.39 is 6.29 Å². The summed E-state index contributed by atoms with van der Waals surface area (Å²) in [5.74, 6) is 1.41. The molecule has 3 rings (SSSR count). The second-order valence-corrected chi connectivity index (χ2v) is 5.10. The Bertz CT molecular complexity index is 579. The van der Waals surface area contributed by atoms with Crippen LogP contribution < -0.4 is 9.47 Å². The maximum Gasteiger partial charge on any atom is 0.187 e. The Morgan fingerprint density at radius 3 is 2.50 bits per heavy atom. The molecule has 1 saturated heterocycles. The summed E-state index contributed by atoms with van der Waals surface area (Å²) in [6, 6.07) is 3.81. The number of methoxy groups -OCH3 is 2. The maximum absolute atomic E-state index is 5.57. The van der Waals surface area contributed by atoms with E-state index >= 15 is 0 Å². The van der Waals surface area contributed by atoms with Crippen LogP contribution in [0.5, 0.6) is 11.5 Å². The molecule has 1 fully saturated rings. The number of thiazole rings is 1. The molecule has 0 aliphatic carbocycles. The van der Waals surface area contributed by atoms with E-state index in [4.69, 9.17) is 18.9 Å². The summed E-state index contributed by atoms with van der Waals surface area (Å²) in [6.45, 7) is 1.18. The monoisotopic (exact) mass is 293 g/mol. The second kappa shape index (κ2) is 5.78. The average molecular weight is 293 g/mol. The lowest BCUT2D eigenvalue weighted by atomic mass is 10.1. The molecule has 0 saturated carbocycles. The van der Waals surface area contributed by atoms with Gasteiger partial charge in [-0.15, -0.1) is 11.3 Å². The molecule has 1 aromatic carbocycles. The maximum atomic E-state index is 5.57. The van der Waals surface area contributed by atoms with Gasteiger partial charge < -0.3 is 18.9 Å². The quantitative estimate of drug-likeness (QED) is 0.867. The van der Waals surface area contributed by atoms with Gasteiger partial charge in [0.2, 0.25) is 0 Å². The number of hydrogen-bond acceptors (Lipinski definition) is 6. The highest BCUT2D eigenvalue weighted by Gasteiger charge is 2.25. The molecule has 0 spiro atoms. The first-order chi connectivity index (χ1) is 9.83. The Morgan fingerprint density at radius 2 is 1.90 bits per heavy atom. The summed E-state index contributed by atoms with van der Waals surface area (Å²) in [6.07, 6.45) is 1.38. The normalized spacial score (nSPS) is 15.5. The smallest absolute Gasteiger partial charge is 0.187 e. The predicted octanol–water partition coefficient (Wildman–Crippen LogP) is 2.87. The highest BCUT2D eigenvalue weighted by atomic mass is 32.1. The van der Waals surface area contributed by atoms with Gasteiger partial charge in [0.1, 0.15) is 16.5 Å². The van der Waals surface area contributed by atoms with Gasteiger partial charge in [-0.1, -0.05) is 0 Å². The predicted molar refractivity (Wildman–Crippen MR) is 75.3 cm³/mol. The van der Waals surface area contributed by atoms with E-state index in [1.165, 1.54) is 0 Å². The Kier molecular flexibility index (Phi) is 3.86. The number of nitrogens with zero attached hydrogens (tertiary/aromatic N) is 1. The van der Waals surface area contributed by atoms with Crippen molar-refractivity contribution < 1.29 is 18.9 Å². The van der Waals surface area contributed by atoms with E-state index in [2.05, 4.69) is 4.98 Å². The molecule has 0 unspecified atom stereocenters. The van der Waals surface area contributed by atoms with Crippen molar-refractivity contribution in [2.75, 3.05) is 27.4 Å². The number of benzene rings is 1. The molecule has 0 bridgehead atoms. The van der Waals surface area contributed by atoms with Crippen LogP contribution in [0.4, 0.5) is 0 Å². The van der Waals surface area contributed by atoms with Gasteiger partial charge in [-0.25, -0.2) is 4.98 Å². The van der Waals surface area contributed by atoms with Crippen LogP contribution in [0.1, 0.15) is 11.9 Å². The van der Waals surface area contributed by atoms with Crippen LogP contribution in [-0.2, 0) is 9.47 Å². The van der Waals surface area contributed by atoms with Gasteiger partial charge in [0.15, 0.2) is 6.29 Å². The van der Waals surface area contributed by atoms with Crippen molar-refractivity contribution in [3.8, 4) is 22.1 Å². The van der Waals surface area contributed by atoms with E-state index in [1.807, 2.05) is 17.5 Å². The Labute approximate surface area is 121 Å². The molecule has 0 amide bonds. The largest absolute Gasteiger partial charge is 0.496 e. The molecule has 2 heterocycles. The molecule has 6 heteroatoms. The molecule has 106 valence electrons. The zero-order chi connectivity index (χ0) is 13.9. The molecule has 20 heavy (non-hydrogen) atoms. The molecule has 1 aromatic heterocycles. The lowest BCUT2D eigenvalue weighted by Crippen LogP contribution is -2.03. The fourth-order valence-corrected chi connectivity index (χ4v) is 2.83. The lowest BCUT2D eigenvalue weighted by Gasteiger charge is -2.17. The minimum atomic E-state index is -0.394. The van der Waals surface area contributed by atoms with Gasteiger partial charge in [-0.2, -0.15) is 0 Å². The van der Waals surface area contributed by atoms with E-state index in [-0.39, 0.29) is 0 Å². The summed E-state index contributed by atoms with van der Waals surface area (Å²) in [4.78, 5) is 4.33. The van der Waals surface area contributed by atoms with Gasteiger partial charge in [-0.05, 0) is 6.07 Å². The number of hydrogen-bond donors (Lipinski definition) is 0. The van der Waals surface area contributed by atoms with Gasteiger partial charge >= 0.3 is 0 Å². The van der Waals surface area contributed by atoms with E-state index in [0.717, 1.165) is 21.9 Å². The van der Waals surface area contributed by atoms with Crippen molar-refractivity contribution in [3.05, 3.63) is 29.3 Å². The van der Waals surface area contributed by atoms with Crippen molar-refractivity contribution in [1.82, 2.24) is 4.98 Å². The standard InChI is InChI=1S/C14H15NO4S/c1-16-11-8-12(17-2)10(14-18-4-5-19-14)7-9(11)13-15-3-6-20-13/h3,6-8,14H,4-5H2,1-2H3. The molecule has 0 atom stereocenters. The first kappa shape index (κ1) is 13.4. The van der Waals surface area contributed by atoms with Crippen LogP contribution in [0.2, 0.25) is 0 Å². The van der Waals surface area contributed by atoms with Crippen LogP contribution in [0, 0.1) is 0 Å². The van der Waals surface area contributed by atoms with Gasteiger partial charge in [0.05, 0.1) is 38.6 Å². The Hall–Kier alpha value is -1.63. The molecule has 1 aliphatic rings. The van der Waals surface area contributed by atoms with Crippen LogP contribution >= 0.6 is 11.3 Å². The fourth-order valence-electron chi connectivity index (χ4n) is 2.17. The highest BCUT2D eigenvalue weighted by molar-refractivity contribution is 7.13. The molecule has 1 aliphatic heterocycles. The summed E-state index contributed by atoms with van der Waals surface area (Å²) >= 11 is 1.56.